The zero-order valence-corrected chi connectivity index (χ0v) is 22.1. The first-order valence-corrected chi connectivity index (χ1v) is 13.7. The zero-order valence-electron chi connectivity index (χ0n) is 20.6. The molecule has 2 heterocycles. The number of nitrogens with zero attached hydrogens (tertiary/aromatic N) is 3. The van der Waals surface area contributed by atoms with Crippen LogP contribution in [0.1, 0.15) is 42.2 Å². The summed E-state index contributed by atoms with van der Waals surface area (Å²) in [5.74, 6) is 0.852. The molecule has 188 valence electrons. The fraction of sp³-hybridized carbons (Fsp3) is 0.393. The molecule has 8 heteroatoms. The van der Waals surface area contributed by atoms with Crippen molar-refractivity contribution in [3.05, 3.63) is 72.2 Å². The van der Waals surface area contributed by atoms with E-state index in [0.29, 0.717) is 12.6 Å². The number of hydrogen-bond donors (Lipinski definition) is 1. The Labute approximate surface area is 221 Å². The number of benzene rings is 2. The molecule has 1 N–H and O–H groups in total. The highest BCUT2D eigenvalue weighted by atomic mass is 35.5. The van der Waals surface area contributed by atoms with Gasteiger partial charge in [0.15, 0.2) is 0 Å². The molecular weight excluding hydrogens is 492 g/mol. The van der Waals surface area contributed by atoms with Gasteiger partial charge in [-0.05, 0) is 62.6 Å². The summed E-state index contributed by atoms with van der Waals surface area (Å²) >= 11 is 8.47. The van der Waals surface area contributed by atoms with Gasteiger partial charge in [-0.2, -0.15) is 0 Å². The fourth-order valence-electron chi connectivity index (χ4n) is 5.27. The van der Waals surface area contributed by atoms with Gasteiger partial charge in [-0.1, -0.05) is 18.2 Å². The molecule has 1 fully saturated rings. The van der Waals surface area contributed by atoms with Crippen molar-refractivity contribution in [2.24, 2.45) is 0 Å². The van der Waals surface area contributed by atoms with Gasteiger partial charge in [-0.25, -0.2) is 0 Å². The van der Waals surface area contributed by atoms with Crippen LogP contribution in [0.2, 0.25) is 0 Å². The third-order valence-electron chi connectivity index (χ3n) is 7.29. The largest absolute Gasteiger partial charge is 0.496 e. The minimum absolute atomic E-state index is 0.0936. The molecule has 3 aromatic rings. The molecule has 2 aromatic carbocycles. The van der Waals surface area contributed by atoms with Crippen LogP contribution in [-0.2, 0) is 11.3 Å². The molecule has 1 aromatic heterocycles. The second-order valence-corrected chi connectivity index (χ2v) is 11.0. The van der Waals surface area contributed by atoms with Crippen LogP contribution in [-0.4, -0.2) is 52.3 Å². The highest BCUT2D eigenvalue weighted by Gasteiger charge is 2.41. The van der Waals surface area contributed by atoms with E-state index in [1.807, 2.05) is 37.4 Å². The Morgan fingerprint density at radius 3 is 2.67 bits per heavy atom. The predicted molar refractivity (Wildman–Crippen MR) is 144 cm³/mol. The molecule has 0 radical (unpaired) electrons. The molecule has 1 aliphatic heterocycles. The number of nitrogens with one attached hydrogen (secondary N) is 1. The molecule has 1 amide bonds. The van der Waals surface area contributed by atoms with Crippen molar-refractivity contribution in [1.29, 1.82) is 0 Å². The number of rotatable bonds is 7. The minimum Gasteiger partial charge on any atom is -0.496 e. The van der Waals surface area contributed by atoms with Crippen LogP contribution in [0.15, 0.2) is 66.0 Å². The Hall–Kier alpha value is -2.61. The number of amides is 1. The van der Waals surface area contributed by atoms with E-state index < -0.39 is 0 Å². The monoisotopic (exact) mass is 522 g/mol. The summed E-state index contributed by atoms with van der Waals surface area (Å²) in [7, 11) is 3.69. The van der Waals surface area contributed by atoms with Crippen LogP contribution in [0.4, 0.5) is 0 Å². The van der Waals surface area contributed by atoms with Crippen LogP contribution in [0.5, 0.6) is 5.75 Å². The molecule has 2 unspecified atom stereocenters. The van der Waals surface area contributed by atoms with Crippen LogP contribution < -0.4 is 10.1 Å². The zero-order chi connectivity index (χ0) is 25.1. The van der Waals surface area contributed by atoms with E-state index >= 15 is 0 Å². The van der Waals surface area contributed by atoms with Gasteiger partial charge >= 0.3 is 0 Å². The van der Waals surface area contributed by atoms with E-state index in [9.17, 15) is 4.79 Å². The third-order valence-corrected chi connectivity index (χ3v) is 9.28. The average Bonchev–Trinajstić information content (AvgIpc) is 3.28. The number of fused-ring (bicyclic) bond motifs is 1. The molecule has 6 nitrogen and oxygen atoms in total. The van der Waals surface area contributed by atoms with Crippen molar-refractivity contribution in [3.8, 4) is 17.0 Å². The van der Waals surface area contributed by atoms with Gasteiger partial charge in [0, 0.05) is 47.0 Å². The molecule has 1 aliphatic carbocycles. The number of carbonyl (C=O) groups is 1. The van der Waals surface area contributed by atoms with Gasteiger partial charge in [0.05, 0.1) is 24.4 Å². The van der Waals surface area contributed by atoms with Crippen LogP contribution >= 0.6 is 23.4 Å². The third kappa shape index (κ3) is 5.10. The van der Waals surface area contributed by atoms with Crippen LogP contribution in [0.3, 0.4) is 0 Å². The van der Waals surface area contributed by atoms with Crippen molar-refractivity contribution >= 4 is 29.3 Å². The second-order valence-electron chi connectivity index (χ2n) is 9.36. The summed E-state index contributed by atoms with van der Waals surface area (Å²) in [6.45, 7) is 0.460. The van der Waals surface area contributed by atoms with E-state index in [1.54, 1.807) is 37.5 Å². The first-order valence-electron chi connectivity index (χ1n) is 12.4. The van der Waals surface area contributed by atoms with E-state index in [0.717, 1.165) is 58.7 Å². The number of alkyl halides is 1. The SMILES string of the molecule is CNC1CCC(N(Cc2cc(-c3cnccn3)ccc2OC)C(=O)C2Sc3ccccc3C2Cl)CC1. The van der Waals surface area contributed by atoms with E-state index in [2.05, 4.69) is 32.3 Å². The Bertz CT molecular complexity index is 1200. The lowest BCUT2D eigenvalue weighted by Gasteiger charge is -2.38. The number of methoxy groups -OCH3 is 1. The van der Waals surface area contributed by atoms with Gasteiger partial charge in [-0.3, -0.25) is 14.8 Å². The summed E-state index contributed by atoms with van der Waals surface area (Å²) in [4.78, 5) is 26.0. The summed E-state index contributed by atoms with van der Waals surface area (Å²) in [6, 6.07) is 14.7. The van der Waals surface area contributed by atoms with Gasteiger partial charge in [0.25, 0.3) is 0 Å². The molecule has 36 heavy (non-hydrogen) atoms. The number of carbonyl (C=O) groups excluding carboxylic acids is 1. The van der Waals surface area contributed by atoms with Crippen molar-refractivity contribution < 1.29 is 9.53 Å². The topological polar surface area (TPSA) is 67.3 Å². The molecule has 0 spiro atoms. The molecular formula is C28H31ClN4O2S. The van der Waals surface area contributed by atoms with E-state index in [-0.39, 0.29) is 22.6 Å². The maximum atomic E-state index is 14.2. The molecule has 5 rings (SSSR count). The quantitative estimate of drug-likeness (QED) is 0.415. The maximum absolute atomic E-state index is 14.2. The van der Waals surface area contributed by atoms with Crippen LogP contribution in [0, 0.1) is 0 Å². The number of aromatic nitrogens is 2. The molecule has 0 bridgehead atoms. The first kappa shape index (κ1) is 25.1. The number of ether oxygens (including phenoxy) is 1. The Morgan fingerprint density at radius 1 is 1.17 bits per heavy atom. The highest BCUT2D eigenvalue weighted by Crippen LogP contribution is 2.48. The lowest BCUT2D eigenvalue weighted by atomic mass is 9.89. The lowest BCUT2D eigenvalue weighted by molar-refractivity contribution is -0.134. The van der Waals surface area contributed by atoms with E-state index in [4.69, 9.17) is 16.3 Å². The lowest BCUT2D eigenvalue weighted by Crippen LogP contribution is -2.47. The number of thioether (sulfide) groups is 1. The first-order chi connectivity index (χ1) is 17.6. The number of hydrogen-bond acceptors (Lipinski definition) is 6. The smallest absolute Gasteiger partial charge is 0.238 e. The Kier molecular flexibility index (Phi) is 7.79. The van der Waals surface area contributed by atoms with E-state index in [1.165, 1.54) is 0 Å². The van der Waals surface area contributed by atoms with Gasteiger partial charge < -0.3 is 15.0 Å². The van der Waals surface area contributed by atoms with Crippen molar-refractivity contribution in [2.45, 2.75) is 59.8 Å². The van der Waals surface area contributed by atoms with Crippen molar-refractivity contribution in [1.82, 2.24) is 20.2 Å². The standard InChI is InChI=1S/C28H31ClN4O2S/c1-30-20-8-10-21(11-9-20)33(28(34)27-26(29)22-5-3-4-6-25(22)36-27)17-19-15-18(7-12-24(19)35-2)23-16-31-13-14-32-23/h3-7,12-16,20-21,26-27,30H,8-11,17H2,1-2H3. The average molecular weight is 523 g/mol. The summed E-state index contributed by atoms with van der Waals surface area (Å²) in [5.41, 5.74) is 3.74. The molecule has 2 atom stereocenters. The normalized spacial score (nSPS) is 23.2. The van der Waals surface area contributed by atoms with Crippen LogP contribution in [0.25, 0.3) is 11.3 Å². The predicted octanol–water partition coefficient (Wildman–Crippen LogP) is 5.47. The van der Waals surface area contributed by atoms with Gasteiger partial charge in [0.2, 0.25) is 5.91 Å². The minimum atomic E-state index is -0.347. The summed E-state index contributed by atoms with van der Waals surface area (Å²) in [5, 5.41) is 2.71. The molecule has 0 saturated heterocycles. The molecule has 1 saturated carbocycles. The van der Waals surface area contributed by atoms with Gasteiger partial charge in [0.1, 0.15) is 11.0 Å². The van der Waals surface area contributed by atoms with Crippen molar-refractivity contribution in [3.63, 3.8) is 0 Å². The Morgan fingerprint density at radius 2 is 1.97 bits per heavy atom. The summed E-state index contributed by atoms with van der Waals surface area (Å²) in [6.07, 6.45) is 9.11. The highest BCUT2D eigenvalue weighted by molar-refractivity contribution is 8.01. The fourth-order valence-corrected chi connectivity index (χ4v) is 7.05. The second kappa shape index (κ2) is 11.2. The molecule has 2 aliphatic rings. The van der Waals surface area contributed by atoms with Gasteiger partial charge in [-0.15, -0.1) is 23.4 Å². The maximum Gasteiger partial charge on any atom is 0.238 e. The summed E-state index contributed by atoms with van der Waals surface area (Å²) < 4.78 is 5.72. The Balaban J connectivity index is 1.46. The van der Waals surface area contributed by atoms with Crippen molar-refractivity contribution in [2.75, 3.05) is 14.2 Å². The number of halogens is 1.